The Balaban J connectivity index is 1.80. The maximum atomic E-state index is 12.8. The van der Waals surface area contributed by atoms with Crippen LogP contribution in [0.1, 0.15) is 54.1 Å². The largest absolute Gasteiger partial charge is 0.342 e. The summed E-state index contributed by atoms with van der Waals surface area (Å²) in [5.41, 5.74) is 2.95. The fourth-order valence-corrected chi connectivity index (χ4v) is 4.35. The van der Waals surface area contributed by atoms with Crippen LogP contribution in [0.25, 0.3) is 0 Å². The highest BCUT2D eigenvalue weighted by Gasteiger charge is 2.26. The molecule has 2 aromatic carbocycles. The van der Waals surface area contributed by atoms with Crippen LogP contribution in [0.15, 0.2) is 53.7 Å². The Hall–Kier alpha value is -2.31. The molecule has 0 fully saturated rings. The summed E-state index contributed by atoms with van der Waals surface area (Å²) in [6, 6.07) is 15.3. The van der Waals surface area contributed by atoms with E-state index in [9.17, 15) is 4.79 Å². The van der Waals surface area contributed by atoms with Gasteiger partial charge in [-0.25, -0.2) is 0 Å². The lowest BCUT2D eigenvalue weighted by molar-refractivity contribution is 0.0922. The Labute approximate surface area is 187 Å². The maximum absolute atomic E-state index is 12.8. The first-order chi connectivity index (χ1) is 14.4. The van der Waals surface area contributed by atoms with Crippen LogP contribution in [-0.4, -0.2) is 20.7 Å². The van der Waals surface area contributed by atoms with E-state index < -0.39 is 0 Å². The summed E-state index contributed by atoms with van der Waals surface area (Å²) < 4.78 is 2.08. The van der Waals surface area contributed by atoms with Gasteiger partial charge in [0.1, 0.15) is 0 Å². The number of carbonyl (C=O) groups excluding carboxylic acids is 1. The first-order valence-corrected chi connectivity index (χ1v) is 11.4. The molecule has 1 heterocycles. The summed E-state index contributed by atoms with van der Waals surface area (Å²) in [7, 11) is 0. The van der Waals surface area contributed by atoms with Gasteiger partial charge < -0.3 is 9.88 Å². The van der Waals surface area contributed by atoms with Gasteiger partial charge in [-0.15, -0.1) is 10.2 Å². The van der Waals surface area contributed by atoms with Gasteiger partial charge in [0.15, 0.2) is 11.0 Å². The number of rotatable bonds is 8. The standard InChI is InChI=1S/C23H27ClN4OS/c1-5-28-21(26-27-23(28)30-14-17-12-10-16(4)11-13-17)20(15(2)3)25-22(29)18-8-6-7-9-19(18)24/h6-13,15,20H,5,14H2,1-4H3,(H,25,29)/t20-/m0/s1. The summed E-state index contributed by atoms with van der Waals surface area (Å²) in [4.78, 5) is 12.8. The molecule has 0 radical (unpaired) electrons. The molecule has 0 saturated carbocycles. The summed E-state index contributed by atoms with van der Waals surface area (Å²) in [6.07, 6.45) is 0. The number of nitrogens with one attached hydrogen (secondary N) is 1. The quantitative estimate of drug-likeness (QED) is 0.456. The molecule has 7 heteroatoms. The van der Waals surface area contributed by atoms with Crippen LogP contribution >= 0.6 is 23.4 Å². The van der Waals surface area contributed by atoms with Crippen molar-refractivity contribution >= 4 is 29.3 Å². The SMILES string of the molecule is CCn1c(SCc2ccc(C)cc2)nnc1[C@@H](NC(=O)c1ccccc1Cl)C(C)C. The van der Waals surface area contributed by atoms with E-state index in [2.05, 4.69) is 72.0 Å². The van der Waals surface area contributed by atoms with Crippen LogP contribution in [0.2, 0.25) is 5.02 Å². The van der Waals surface area contributed by atoms with Crippen molar-refractivity contribution in [2.75, 3.05) is 0 Å². The number of benzene rings is 2. The Morgan fingerprint density at radius 3 is 2.47 bits per heavy atom. The van der Waals surface area contributed by atoms with Crippen molar-refractivity contribution in [1.29, 1.82) is 0 Å². The van der Waals surface area contributed by atoms with Crippen LogP contribution in [-0.2, 0) is 12.3 Å². The van der Waals surface area contributed by atoms with Crippen molar-refractivity contribution in [2.45, 2.75) is 51.2 Å². The molecule has 0 saturated heterocycles. The van der Waals surface area contributed by atoms with Gasteiger partial charge in [0.25, 0.3) is 5.91 Å². The van der Waals surface area contributed by atoms with Gasteiger partial charge in [-0.2, -0.15) is 0 Å². The third-order valence-electron chi connectivity index (χ3n) is 4.90. The fourth-order valence-electron chi connectivity index (χ4n) is 3.16. The van der Waals surface area contributed by atoms with Gasteiger partial charge in [0.2, 0.25) is 0 Å². The zero-order valence-electron chi connectivity index (χ0n) is 17.7. The van der Waals surface area contributed by atoms with Crippen LogP contribution in [0.5, 0.6) is 0 Å². The second-order valence-electron chi connectivity index (χ2n) is 7.53. The van der Waals surface area contributed by atoms with Crippen LogP contribution in [0.3, 0.4) is 0 Å². The second kappa shape index (κ2) is 10.1. The van der Waals surface area contributed by atoms with Gasteiger partial charge in [-0.3, -0.25) is 4.79 Å². The Bertz CT molecular complexity index is 1000. The zero-order chi connectivity index (χ0) is 21.7. The number of amides is 1. The van der Waals surface area contributed by atoms with E-state index in [4.69, 9.17) is 11.6 Å². The van der Waals surface area contributed by atoms with Crippen molar-refractivity contribution in [3.05, 3.63) is 76.1 Å². The molecule has 0 unspecified atom stereocenters. The average Bonchev–Trinajstić information content (AvgIpc) is 3.14. The minimum atomic E-state index is -0.269. The number of aromatic nitrogens is 3. The van der Waals surface area contributed by atoms with E-state index in [1.807, 2.05) is 6.07 Å². The molecule has 5 nitrogen and oxygen atoms in total. The minimum absolute atomic E-state index is 0.140. The topological polar surface area (TPSA) is 59.8 Å². The van der Waals surface area contributed by atoms with E-state index in [0.717, 1.165) is 23.3 Å². The zero-order valence-corrected chi connectivity index (χ0v) is 19.3. The molecule has 30 heavy (non-hydrogen) atoms. The number of thioether (sulfide) groups is 1. The van der Waals surface area contributed by atoms with E-state index in [0.29, 0.717) is 10.6 Å². The smallest absolute Gasteiger partial charge is 0.253 e. The Morgan fingerprint density at radius 2 is 1.83 bits per heavy atom. The molecule has 0 aliphatic heterocycles. The van der Waals surface area contributed by atoms with Gasteiger partial charge in [-0.1, -0.05) is 79.2 Å². The summed E-state index contributed by atoms with van der Waals surface area (Å²) >= 11 is 7.86. The van der Waals surface area contributed by atoms with Gasteiger partial charge in [0, 0.05) is 12.3 Å². The van der Waals surface area contributed by atoms with E-state index in [1.165, 1.54) is 11.1 Å². The molecule has 3 aromatic rings. The van der Waals surface area contributed by atoms with Crippen LogP contribution in [0.4, 0.5) is 0 Å². The summed E-state index contributed by atoms with van der Waals surface area (Å²) in [5, 5.41) is 13.3. The molecule has 0 aliphatic carbocycles. The monoisotopic (exact) mass is 442 g/mol. The maximum Gasteiger partial charge on any atom is 0.253 e. The average molecular weight is 443 g/mol. The molecule has 1 aromatic heterocycles. The molecule has 1 N–H and O–H groups in total. The molecule has 1 atom stereocenters. The molecule has 0 aliphatic rings. The van der Waals surface area contributed by atoms with E-state index in [-0.39, 0.29) is 17.9 Å². The second-order valence-corrected chi connectivity index (χ2v) is 8.88. The van der Waals surface area contributed by atoms with Crippen molar-refractivity contribution in [3.8, 4) is 0 Å². The number of aryl methyl sites for hydroxylation is 1. The Kier molecular flexibility index (Phi) is 7.56. The number of hydrogen-bond donors (Lipinski definition) is 1. The predicted molar refractivity (Wildman–Crippen MR) is 123 cm³/mol. The number of hydrogen-bond acceptors (Lipinski definition) is 4. The predicted octanol–water partition coefficient (Wildman–Crippen LogP) is 5.68. The lowest BCUT2D eigenvalue weighted by Gasteiger charge is -2.22. The first kappa shape index (κ1) is 22.4. The molecule has 0 bridgehead atoms. The first-order valence-electron chi connectivity index (χ1n) is 10.1. The molecule has 0 spiro atoms. The Morgan fingerprint density at radius 1 is 1.13 bits per heavy atom. The van der Waals surface area contributed by atoms with E-state index in [1.54, 1.807) is 30.0 Å². The highest BCUT2D eigenvalue weighted by Crippen LogP contribution is 2.28. The molecule has 1 amide bonds. The van der Waals surface area contributed by atoms with Crippen molar-refractivity contribution in [2.24, 2.45) is 5.92 Å². The molecule has 158 valence electrons. The number of carbonyl (C=O) groups is 1. The van der Waals surface area contributed by atoms with Gasteiger partial charge in [0.05, 0.1) is 16.6 Å². The van der Waals surface area contributed by atoms with Crippen molar-refractivity contribution < 1.29 is 4.79 Å². The fraction of sp³-hybridized carbons (Fsp3) is 0.348. The third-order valence-corrected chi connectivity index (χ3v) is 6.27. The van der Waals surface area contributed by atoms with Crippen molar-refractivity contribution in [1.82, 2.24) is 20.1 Å². The van der Waals surface area contributed by atoms with Crippen molar-refractivity contribution in [3.63, 3.8) is 0 Å². The molecular weight excluding hydrogens is 416 g/mol. The summed E-state index contributed by atoms with van der Waals surface area (Å²) in [5.74, 6) is 1.51. The third kappa shape index (κ3) is 5.24. The number of halogens is 1. The lowest BCUT2D eigenvalue weighted by atomic mass is 10.0. The van der Waals surface area contributed by atoms with Gasteiger partial charge >= 0.3 is 0 Å². The highest BCUT2D eigenvalue weighted by molar-refractivity contribution is 7.98. The lowest BCUT2D eigenvalue weighted by Crippen LogP contribution is -2.34. The van der Waals surface area contributed by atoms with Crippen LogP contribution in [0, 0.1) is 12.8 Å². The van der Waals surface area contributed by atoms with Crippen LogP contribution < -0.4 is 5.32 Å². The normalized spacial score (nSPS) is 12.2. The number of nitrogens with zero attached hydrogens (tertiary/aromatic N) is 3. The summed E-state index contributed by atoms with van der Waals surface area (Å²) in [6.45, 7) is 9.00. The molecule has 3 rings (SSSR count). The van der Waals surface area contributed by atoms with Gasteiger partial charge in [-0.05, 0) is 37.5 Å². The minimum Gasteiger partial charge on any atom is -0.342 e. The van der Waals surface area contributed by atoms with E-state index >= 15 is 0 Å². The highest BCUT2D eigenvalue weighted by atomic mass is 35.5. The molecular formula is C23H27ClN4OS.